The quantitative estimate of drug-likeness (QED) is 0.0356. The van der Waals surface area contributed by atoms with E-state index in [0.717, 1.165) is 52.3 Å². The first-order chi connectivity index (χ1) is 24.3. The summed E-state index contributed by atoms with van der Waals surface area (Å²) in [4.78, 5) is 13.9. The Labute approximate surface area is 307 Å². The number of ether oxygens (including phenoxy) is 2. The molecule has 0 aliphatic heterocycles. The Morgan fingerprint density at radius 1 is 0.580 bits per heavy atom. The molecule has 2 atom stereocenters. The molecule has 0 bridgehead atoms. The lowest BCUT2D eigenvalue weighted by molar-refractivity contribution is 0.0734. The van der Waals surface area contributed by atoms with Crippen LogP contribution in [-0.4, -0.2) is 10.8 Å². The number of benzene rings is 4. The zero-order valence-electron chi connectivity index (χ0n) is 30.9. The highest BCUT2D eigenvalue weighted by atomic mass is 32.1. The molecule has 0 fully saturated rings. The Balaban J connectivity index is 1.17. The number of aryl methyl sites for hydroxylation is 1. The van der Waals surface area contributed by atoms with Crippen LogP contribution in [-0.2, 0) is 12.8 Å². The van der Waals surface area contributed by atoms with Crippen LogP contribution in [0.4, 0.5) is 0 Å². The van der Waals surface area contributed by atoms with Crippen LogP contribution in [0.5, 0.6) is 17.2 Å². The van der Waals surface area contributed by atoms with E-state index in [2.05, 4.69) is 52.0 Å². The fourth-order valence-corrected chi connectivity index (χ4v) is 6.72. The maximum absolute atomic E-state index is 12.8. The van der Waals surface area contributed by atoms with Crippen molar-refractivity contribution in [3.63, 3.8) is 0 Å². The van der Waals surface area contributed by atoms with Crippen LogP contribution in [0.2, 0.25) is 0 Å². The van der Waals surface area contributed by atoms with Gasteiger partial charge in [-0.3, -0.25) is 0 Å². The summed E-state index contributed by atoms with van der Waals surface area (Å²) in [6.07, 6.45) is 17.6. The van der Waals surface area contributed by atoms with Gasteiger partial charge in [0.1, 0.15) is 17.2 Å². The van der Waals surface area contributed by atoms with Crippen LogP contribution < -0.4 is 9.47 Å². The van der Waals surface area contributed by atoms with Gasteiger partial charge in [-0.15, -0.1) is 0 Å². The van der Waals surface area contributed by atoms with Crippen molar-refractivity contribution in [2.24, 2.45) is 11.8 Å². The van der Waals surface area contributed by atoms with Gasteiger partial charge < -0.3 is 9.47 Å². The molecule has 0 heterocycles. The third-order valence-corrected chi connectivity index (χ3v) is 10.3. The lowest BCUT2D eigenvalue weighted by Crippen LogP contribution is -2.13. The minimum absolute atomic E-state index is 0.370. The minimum atomic E-state index is -0.370. The molecule has 4 aromatic rings. The highest BCUT2D eigenvalue weighted by Gasteiger charge is 2.14. The van der Waals surface area contributed by atoms with Crippen molar-refractivity contribution in [3.8, 4) is 28.4 Å². The fourth-order valence-electron chi connectivity index (χ4n) is 6.29. The Morgan fingerprint density at radius 3 is 1.60 bits per heavy atom. The first-order valence-corrected chi connectivity index (χ1v) is 19.6. The standard InChI is InChI=1S/C46H58O3S/c1-5-7-8-9-10-11-12-13-14-15-16-37-19-27-42(28-20-37)48-43-29-23-39(24-30-43)40-25-31-44(32-26-40)49-46(47)41-21-17-38(18-22-41)34-45(50)33-36(4)35(3)6-2/h17-32,35-36H,5-16,33-34H2,1-4H3. The molecular weight excluding hydrogens is 633 g/mol. The van der Waals surface area contributed by atoms with Crippen molar-refractivity contribution in [2.45, 2.75) is 118 Å². The molecule has 0 spiro atoms. The number of esters is 1. The third kappa shape index (κ3) is 13.5. The molecule has 3 nitrogen and oxygen atoms in total. The number of unbranched alkanes of at least 4 members (excludes halogenated alkanes) is 9. The van der Waals surface area contributed by atoms with Gasteiger partial charge in [-0.1, -0.05) is 153 Å². The van der Waals surface area contributed by atoms with Crippen molar-refractivity contribution in [1.29, 1.82) is 0 Å². The molecule has 4 aromatic carbocycles. The van der Waals surface area contributed by atoms with Gasteiger partial charge in [0.05, 0.1) is 5.56 Å². The Kier molecular flexibility index (Phi) is 16.7. The van der Waals surface area contributed by atoms with Crippen molar-refractivity contribution < 1.29 is 14.3 Å². The lowest BCUT2D eigenvalue weighted by Gasteiger charge is -2.18. The summed E-state index contributed by atoms with van der Waals surface area (Å²) in [5.74, 6) is 3.04. The van der Waals surface area contributed by atoms with E-state index in [1.807, 2.05) is 72.8 Å². The predicted octanol–water partition coefficient (Wildman–Crippen LogP) is 13.8. The monoisotopic (exact) mass is 690 g/mol. The summed E-state index contributed by atoms with van der Waals surface area (Å²) in [6.45, 7) is 9.06. The van der Waals surface area contributed by atoms with Gasteiger partial charge in [0.2, 0.25) is 0 Å². The maximum Gasteiger partial charge on any atom is 0.343 e. The zero-order valence-corrected chi connectivity index (χ0v) is 31.7. The minimum Gasteiger partial charge on any atom is -0.457 e. The molecule has 0 amide bonds. The number of hydrogen-bond donors (Lipinski definition) is 0. The average Bonchev–Trinajstić information content (AvgIpc) is 3.13. The average molecular weight is 691 g/mol. The SMILES string of the molecule is CCCCCCCCCCCCc1ccc(Oc2ccc(-c3ccc(OC(=O)c4ccc(CC(=S)CC(C)C(C)CC)cc4)cc3)cc2)cc1. The Bertz CT molecular complexity index is 1560. The van der Waals surface area contributed by atoms with Crippen molar-refractivity contribution in [1.82, 2.24) is 0 Å². The number of rotatable bonds is 22. The van der Waals surface area contributed by atoms with Crippen LogP contribution in [0.15, 0.2) is 97.1 Å². The smallest absolute Gasteiger partial charge is 0.343 e. The van der Waals surface area contributed by atoms with E-state index in [4.69, 9.17) is 21.7 Å². The van der Waals surface area contributed by atoms with Gasteiger partial charge in [-0.05, 0) is 107 Å². The van der Waals surface area contributed by atoms with Crippen LogP contribution in [0.3, 0.4) is 0 Å². The summed E-state index contributed by atoms with van der Waals surface area (Å²) in [5.41, 5.74) is 5.12. The van der Waals surface area contributed by atoms with Crippen LogP contribution >= 0.6 is 12.2 Å². The molecule has 0 N–H and O–H groups in total. The van der Waals surface area contributed by atoms with E-state index in [-0.39, 0.29) is 5.97 Å². The Hall–Kier alpha value is -3.76. The van der Waals surface area contributed by atoms with Gasteiger partial charge in [0, 0.05) is 6.42 Å². The number of carbonyl (C=O) groups excluding carboxylic acids is 1. The molecule has 50 heavy (non-hydrogen) atoms. The van der Waals surface area contributed by atoms with Gasteiger partial charge in [-0.25, -0.2) is 4.79 Å². The maximum atomic E-state index is 12.8. The zero-order chi connectivity index (χ0) is 35.6. The third-order valence-electron chi connectivity index (χ3n) is 9.99. The van der Waals surface area contributed by atoms with E-state index in [9.17, 15) is 4.79 Å². The molecule has 0 aliphatic carbocycles. The van der Waals surface area contributed by atoms with Crippen LogP contribution in [0, 0.1) is 11.8 Å². The Morgan fingerprint density at radius 2 is 1.06 bits per heavy atom. The second kappa shape index (κ2) is 21.5. The van der Waals surface area contributed by atoms with E-state index < -0.39 is 0 Å². The summed E-state index contributed by atoms with van der Waals surface area (Å²) >= 11 is 5.66. The van der Waals surface area contributed by atoms with Crippen molar-refractivity contribution >= 4 is 23.1 Å². The fraction of sp³-hybridized carbons (Fsp3) is 0.435. The topological polar surface area (TPSA) is 35.5 Å². The lowest BCUT2D eigenvalue weighted by atomic mass is 9.88. The van der Waals surface area contributed by atoms with E-state index in [0.29, 0.717) is 23.1 Å². The molecule has 0 saturated heterocycles. The largest absolute Gasteiger partial charge is 0.457 e. The summed E-state index contributed by atoms with van der Waals surface area (Å²) in [6, 6.07) is 31.8. The molecule has 4 rings (SSSR count). The molecule has 0 aliphatic rings. The second-order valence-corrected chi connectivity index (χ2v) is 14.7. The van der Waals surface area contributed by atoms with Crippen LogP contribution in [0.1, 0.15) is 126 Å². The molecule has 0 saturated carbocycles. The highest BCUT2D eigenvalue weighted by molar-refractivity contribution is 7.80. The van der Waals surface area contributed by atoms with Gasteiger partial charge in [-0.2, -0.15) is 0 Å². The van der Waals surface area contributed by atoms with Gasteiger partial charge >= 0.3 is 5.97 Å². The van der Waals surface area contributed by atoms with E-state index in [1.54, 1.807) is 0 Å². The number of thiocarbonyl (C=S) groups is 1. The molecule has 266 valence electrons. The number of hydrogen-bond acceptors (Lipinski definition) is 4. The first kappa shape index (κ1) is 39.0. The second-order valence-electron chi connectivity index (χ2n) is 14.1. The number of carbonyl (C=O) groups is 1. The summed E-state index contributed by atoms with van der Waals surface area (Å²) < 4.78 is 11.8. The van der Waals surface area contributed by atoms with Gasteiger partial charge in [0.25, 0.3) is 0 Å². The van der Waals surface area contributed by atoms with E-state index >= 15 is 0 Å². The van der Waals surface area contributed by atoms with Crippen LogP contribution in [0.25, 0.3) is 11.1 Å². The summed E-state index contributed by atoms with van der Waals surface area (Å²) in [5, 5.41) is 0. The van der Waals surface area contributed by atoms with Crippen molar-refractivity contribution in [2.75, 3.05) is 0 Å². The normalized spacial score (nSPS) is 12.3. The van der Waals surface area contributed by atoms with Gasteiger partial charge in [0.15, 0.2) is 0 Å². The summed E-state index contributed by atoms with van der Waals surface area (Å²) in [7, 11) is 0. The molecule has 0 aromatic heterocycles. The molecule has 2 unspecified atom stereocenters. The highest BCUT2D eigenvalue weighted by Crippen LogP contribution is 2.28. The first-order valence-electron chi connectivity index (χ1n) is 19.1. The molecule has 0 radical (unpaired) electrons. The van der Waals surface area contributed by atoms with Crippen molar-refractivity contribution in [3.05, 3.63) is 114 Å². The molecular formula is C46H58O3S. The van der Waals surface area contributed by atoms with E-state index in [1.165, 1.54) is 76.2 Å². The predicted molar refractivity (Wildman–Crippen MR) is 215 cm³/mol. The molecule has 4 heteroatoms.